The molecule has 6 heterocycles. The Labute approximate surface area is 387 Å². The highest BCUT2D eigenvalue weighted by molar-refractivity contribution is 6.24. The molecule has 2 fully saturated rings. The number of amides is 4. The first-order valence-electron chi connectivity index (χ1n) is 22.8. The normalized spacial score (nSPS) is 18.6. The van der Waals surface area contributed by atoms with Crippen molar-refractivity contribution in [2.24, 2.45) is 11.8 Å². The molecule has 9 rings (SSSR count). The number of aromatic nitrogens is 5. The Morgan fingerprint density at radius 1 is 0.761 bits per heavy atom. The predicted molar refractivity (Wildman–Crippen MR) is 249 cm³/mol. The van der Waals surface area contributed by atoms with Gasteiger partial charge in [0.1, 0.15) is 35.2 Å². The number of benzene rings is 3. The van der Waals surface area contributed by atoms with Crippen LogP contribution in [0.25, 0.3) is 44.7 Å². The minimum Gasteiger partial charge on any atom is -0.497 e. The van der Waals surface area contributed by atoms with Crippen molar-refractivity contribution in [2.75, 3.05) is 27.3 Å². The van der Waals surface area contributed by atoms with Crippen LogP contribution in [0.4, 0.5) is 4.79 Å². The molecule has 2 saturated heterocycles. The van der Waals surface area contributed by atoms with Gasteiger partial charge in [-0.1, -0.05) is 52.0 Å². The first-order valence-corrected chi connectivity index (χ1v) is 22.8. The fourth-order valence-corrected chi connectivity index (χ4v) is 9.75. The van der Waals surface area contributed by atoms with Crippen molar-refractivity contribution in [1.82, 2.24) is 45.4 Å². The number of aromatic amines is 3. The summed E-state index contributed by atoms with van der Waals surface area (Å²) in [4.78, 5) is 86.6. The maximum Gasteiger partial charge on any atom is 0.407 e. The molecule has 3 aliphatic heterocycles. The molecule has 348 valence electrons. The van der Waals surface area contributed by atoms with E-state index in [9.17, 15) is 24.0 Å². The van der Waals surface area contributed by atoms with E-state index in [1.165, 1.54) is 7.11 Å². The summed E-state index contributed by atoms with van der Waals surface area (Å²) in [7, 11) is 2.92. The van der Waals surface area contributed by atoms with E-state index in [-0.39, 0.29) is 42.0 Å². The van der Waals surface area contributed by atoms with E-state index >= 15 is 0 Å². The molecule has 0 saturated carbocycles. The number of nitrogens with zero attached hydrogens (tertiary/aromatic N) is 4. The number of H-pyrrole nitrogens is 3. The van der Waals surface area contributed by atoms with Crippen molar-refractivity contribution >= 4 is 41.0 Å². The van der Waals surface area contributed by atoms with E-state index < -0.39 is 30.2 Å². The number of hydrogen-bond acceptors (Lipinski definition) is 10. The zero-order valence-electron chi connectivity index (χ0n) is 38.3. The Morgan fingerprint density at radius 3 is 1.91 bits per heavy atom. The number of alkyl carbamates (subject to hydrolysis) is 1. The van der Waals surface area contributed by atoms with Gasteiger partial charge in [-0.3, -0.25) is 19.2 Å². The van der Waals surface area contributed by atoms with Gasteiger partial charge < -0.3 is 49.6 Å². The summed E-state index contributed by atoms with van der Waals surface area (Å²) in [6.45, 7) is 8.53. The Morgan fingerprint density at radius 2 is 1.34 bits per heavy atom. The number of fused-ring (bicyclic) bond motifs is 5. The third-order valence-electron chi connectivity index (χ3n) is 13.3. The van der Waals surface area contributed by atoms with Gasteiger partial charge in [0.2, 0.25) is 18.1 Å². The van der Waals surface area contributed by atoms with Crippen molar-refractivity contribution in [3.05, 3.63) is 95.8 Å². The average molecular weight is 910 g/mol. The van der Waals surface area contributed by atoms with Gasteiger partial charge in [0.15, 0.2) is 6.10 Å². The highest BCUT2D eigenvalue weighted by Gasteiger charge is 2.39. The number of ether oxygens (including phenoxy) is 3. The number of aldehydes is 1. The van der Waals surface area contributed by atoms with Crippen molar-refractivity contribution in [1.29, 1.82) is 0 Å². The van der Waals surface area contributed by atoms with Crippen LogP contribution in [-0.4, -0.2) is 104 Å². The highest BCUT2D eigenvalue weighted by Crippen LogP contribution is 2.49. The third kappa shape index (κ3) is 8.49. The van der Waals surface area contributed by atoms with E-state index in [4.69, 9.17) is 24.2 Å². The fourth-order valence-electron chi connectivity index (χ4n) is 9.75. The van der Waals surface area contributed by atoms with Gasteiger partial charge in [-0.05, 0) is 79.5 Å². The number of nitrogens with one attached hydrogen (secondary N) is 5. The lowest BCUT2D eigenvalue weighted by atomic mass is 9.91. The van der Waals surface area contributed by atoms with Gasteiger partial charge in [0.25, 0.3) is 5.91 Å². The van der Waals surface area contributed by atoms with Crippen molar-refractivity contribution in [3.63, 3.8) is 0 Å². The van der Waals surface area contributed by atoms with Gasteiger partial charge in [0.05, 0.1) is 55.8 Å². The number of methoxy groups -OCH3 is 2. The predicted octanol–water partition coefficient (Wildman–Crippen LogP) is 7.15. The lowest BCUT2D eigenvalue weighted by Crippen LogP contribution is -2.51. The van der Waals surface area contributed by atoms with Gasteiger partial charge in [-0.2, -0.15) is 0 Å². The van der Waals surface area contributed by atoms with E-state index in [0.29, 0.717) is 36.9 Å². The molecule has 17 nitrogen and oxygen atoms in total. The molecule has 17 heteroatoms. The topological polar surface area (TPSA) is 217 Å². The second-order valence-corrected chi connectivity index (χ2v) is 18.1. The molecule has 0 bridgehead atoms. The van der Waals surface area contributed by atoms with Crippen LogP contribution in [0.1, 0.15) is 94.3 Å². The summed E-state index contributed by atoms with van der Waals surface area (Å²) in [5.41, 5.74) is 7.97. The first kappa shape index (κ1) is 44.8. The number of likely N-dealkylation sites (tertiary alicyclic amines) is 2. The molecule has 3 aromatic heterocycles. The molecule has 4 amide bonds. The molecule has 0 aliphatic carbocycles. The summed E-state index contributed by atoms with van der Waals surface area (Å²) in [6, 6.07) is 18.0. The van der Waals surface area contributed by atoms with Crippen LogP contribution < -0.4 is 20.1 Å². The van der Waals surface area contributed by atoms with Crippen molar-refractivity contribution in [3.8, 4) is 45.3 Å². The van der Waals surface area contributed by atoms with Gasteiger partial charge in [-0.25, -0.2) is 14.8 Å². The number of carbonyl (C=O) groups is 5. The first-order chi connectivity index (χ1) is 32.4. The zero-order chi connectivity index (χ0) is 47.1. The average Bonchev–Trinajstić information content (AvgIpc) is 4.20. The van der Waals surface area contributed by atoms with Crippen molar-refractivity contribution in [2.45, 2.75) is 83.6 Å². The summed E-state index contributed by atoms with van der Waals surface area (Å²) in [6.07, 6.45) is 5.63. The van der Waals surface area contributed by atoms with Crippen LogP contribution in [0.2, 0.25) is 0 Å². The lowest BCUT2D eigenvalue weighted by molar-refractivity contribution is -0.140. The van der Waals surface area contributed by atoms with Crippen LogP contribution in [0, 0.1) is 11.8 Å². The van der Waals surface area contributed by atoms with E-state index in [0.717, 1.165) is 80.8 Å². The standard InChI is InChI=1S/C50H55N9O8/c1-26(2)42(56-40(61)25-60)48(62)58-19-7-9-37(58)47-52-24-36(55-47)30-13-17-32-39(22-30)67-45(28-11-15-31(65-5)16-12-28)41-33-21-29(14-18-34(33)53-44(32)41)35-23-51-46(54-35)38-10-8-20-59(38)49(63)43(27(3)4)57-50(64)66-6/h11-18,21-27,37-38,42-43,45,53H,7-10,19-20H2,1-6H3,(H,51,54)(H,52,55)(H,56,61)(H,57,64). The molecule has 3 aromatic carbocycles. The van der Waals surface area contributed by atoms with Crippen LogP contribution in [-0.2, 0) is 23.9 Å². The molecule has 67 heavy (non-hydrogen) atoms. The van der Waals surface area contributed by atoms with Crippen LogP contribution in [0.15, 0.2) is 73.1 Å². The maximum absolute atomic E-state index is 13.8. The number of hydrogen-bond donors (Lipinski definition) is 5. The van der Waals surface area contributed by atoms with Crippen molar-refractivity contribution < 1.29 is 38.2 Å². The maximum atomic E-state index is 13.8. The second-order valence-electron chi connectivity index (χ2n) is 18.1. The molecule has 0 spiro atoms. The Bertz CT molecular complexity index is 2840. The fraction of sp³-hybridized carbons (Fsp3) is 0.380. The largest absolute Gasteiger partial charge is 0.497 e. The van der Waals surface area contributed by atoms with Crippen LogP contribution >= 0.6 is 0 Å². The Kier molecular flexibility index (Phi) is 12.3. The molecule has 5 N–H and O–H groups in total. The minimum absolute atomic E-state index is 0.143. The summed E-state index contributed by atoms with van der Waals surface area (Å²) >= 11 is 0. The van der Waals surface area contributed by atoms with Gasteiger partial charge in [0, 0.05) is 46.2 Å². The Balaban J connectivity index is 1.02. The van der Waals surface area contributed by atoms with E-state index in [1.807, 2.05) is 76.2 Å². The second kappa shape index (κ2) is 18.5. The summed E-state index contributed by atoms with van der Waals surface area (Å²) in [5.74, 6) is 1.12. The number of imidazole rings is 2. The van der Waals surface area contributed by atoms with E-state index in [1.54, 1.807) is 29.3 Å². The molecular formula is C50H55N9O8. The number of rotatable bonds is 13. The monoisotopic (exact) mass is 909 g/mol. The molecule has 3 aliphatic rings. The van der Waals surface area contributed by atoms with Gasteiger partial charge in [-0.15, -0.1) is 0 Å². The molecule has 6 aromatic rings. The minimum atomic E-state index is -0.835. The third-order valence-corrected chi connectivity index (χ3v) is 13.3. The quantitative estimate of drug-likeness (QED) is 0.0582. The highest BCUT2D eigenvalue weighted by atomic mass is 16.5. The van der Waals surface area contributed by atoms with E-state index in [2.05, 4.69) is 37.7 Å². The molecular weight excluding hydrogens is 855 g/mol. The smallest absolute Gasteiger partial charge is 0.407 e. The Hall–Kier alpha value is -7.43. The van der Waals surface area contributed by atoms with Gasteiger partial charge >= 0.3 is 6.09 Å². The SMILES string of the molecule is COC(=O)NC(C(=O)N1CCCC1c1ncc(-c2ccc3[nH]c4c(c3c2)C(c2ccc(OC)cc2)Oc2cc(-c3cnc(C5CCCN5C(=O)C(NC(=O)C=O)C(C)C)[nH]3)ccc2-4)[nH]1)C(C)C. The zero-order valence-corrected chi connectivity index (χ0v) is 38.3. The lowest BCUT2D eigenvalue weighted by Gasteiger charge is -2.30. The molecule has 0 radical (unpaired) electrons. The summed E-state index contributed by atoms with van der Waals surface area (Å²) < 4.78 is 17.3. The van der Waals surface area contributed by atoms with Crippen LogP contribution in [0.5, 0.6) is 11.5 Å². The summed E-state index contributed by atoms with van der Waals surface area (Å²) in [5, 5.41) is 6.26. The molecule has 5 unspecified atom stereocenters. The molecule has 5 atom stereocenters. The van der Waals surface area contributed by atoms with Crippen LogP contribution in [0.3, 0.4) is 0 Å². The number of carbonyl (C=O) groups excluding carboxylic acids is 5.